The van der Waals surface area contributed by atoms with Crippen molar-refractivity contribution in [2.45, 2.75) is 37.9 Å². The summed E-state index contributed by atoms with van der Waals surface area (Å²) < 4.78 is 73.2. The Bertz CT molecular complexity index is 1370. The topological polar surface area (TPSA) is 128 Å². The molecule has 9 nitrogen and oxygen atoms in total. The minimum Gasteiger partial charge on any atom is -0.588 e. The van der Waals surface area contributed by atoms with Gasteiger partial charge in [-0.2, -0.15) is 21.9 Å². The summed E-state index contributed by atoms with van der Waals surface area (Å²) in [5.41, 5.74) is -2.08. The van der Waals surface area contributed by atoms with Gasteiger partial charge in [0.2, 0.25) is 11.8 Å². The van der Waals surface area contributed by atoms with Crippen molar-refractivity contribution in [2.24, 2.45) is 0 Å². The van der Waals surface area contributed by atoms with Crippen LogP contribution in [0.25, 0.3) is 0 Å². The number of hydrogen-bond donors (Lipinski definition) is 2. The Hall–Kier alpha value is -3.75. The molecule has 0 spiro atoms. The molecule has 202 valence electrons. The van der Waals surface area contributed by atoms with Crippen molar-refractivity contribution in [1.82, 2.24) is 14.3 Å². The number of benzene rings is 1. The van der Waals surface area contributed by atoms with Gasteiger partial charge in [0, 0.05) is 18.0 Å². The molecular weight excluding hydrogens is 532 g/mol. The maximum atomic E-state index is 13.6. The number of rotatable bonds is 7. The minimum absolute atomic E-state index is 0.0321. The summed E-state index contributed by atoms with van der Waals surface area (Å²) in [4.78, 5) is 32.5. The van der Waals surface area contributed by atoms with Gasteiger partial charge >= 0.3 is 6.18 Å². The average molecular weight is 555 g/mol. The summed E-state index contributed by atoms with van der Waals surface area (Å²) in [6.45, 7) is 3.69. The summed E-state index contributed by atoms with van der Waals surface area (Å²) in [6.07, 6.45) is -5.70. The van der Waals surface area contributed by atoms with Crippen LogP contribution in [0.5, 0.6) is 11.6 Å². The number of carbonyl (C=O) groups is 2. The van der Waals surface area contributed by atoms with Gasteiger partial charge in [-0.25, -0.2) is 9.97 Å². The number of aryl methyl sites for hydroxylation is 1. The summed E-state index contributed by atoms with van der Waals surface area (Å²) in [5, 5.41) is 11.9. The van der Waals surface area contributed by atoms with Gasteiger partial charge in [-0.1, -0.05) is 6.07 Å². The van der Waals surface area contributed by atoms with Crippen LogP contribution in [-0.4, -0.2) is 48.9 Å². The first-order valence-electron chi connectivity index (χ1n) is 10.9. The van der Waals surface area contributed by atoms with Crippen molar-refractivity contribution in [1.29, 1.82) is 0 Å². The largest absolute Gasteiger partial charge is 0.588 e. The number of nitrogens with zero attached hydrogens (tertiary/aromatic N) is 3. The third-order valence-electron chi connectivity index (χ3n) is 5.26. The quantitative estimate of drug-likeness (QED) is 0.255. The molecule has 14 heteroatoms. The van der Waals surface area contributed by atoms with Crippen molar-refractivity contribution in [2.75, 3.05) is 12.4 Å². The van der Waals surface area contributed by atoms with Crippen molar-refractivity contribution >= 4 is 28.9 Å². The molecule has 3 rings (SSSR count). The SMILES string of the molecule is Cc1nc(F)ccc1Oc1ncc(C(F)(F)F)c(C)c1C(=O)Nc1cccc([S+]([O-])N(C)C(=O)[C@H](C)O)c1. The molecular formula is C24H22F4N4O5S. The van der Waals surface area contributed by atoms with Gasteiger partial charge in [0.1, 0.15) is 23.0 Å². The number of aliphatic hydroxyl groups excluding tert-OH is 1. The number of anilines is 1. The number of likely N-dealkylation sites (N-methyl/N-ethyl adjacent to an activating group) is 1. The number of carbonyl (C=O) groups excluding carboxylic acids is 2. The Kier molecular flexibility index (Phi) is 8.59. The highest BCUT2D eigenvalue weighted by molar-refractivity contribution is 7.89. The maximum Gasteiger partial charge on any atom is 0.418 e. The zero-order valence-electron chi connectivity index (χ0n) is 20.5. The molecule has 38 heavy (non-hydrogen) atoms. The molecule has 0 saturated carbocycles. The summed E-state index contributed by atoms with van der Waals surface area (Å²) in [5.74, 6) is -3.15. The van der Waals surface area contributed by atoms with Crippen molar-refractivity contribution in [3.8, 4) is 11.6 Å². The molecule has 0 bridgehead atoms. The van der Waals surface area contributed by atoms with Gasteiger partial charge in [0.25, 0.3) is 11.8 Å². The number of hydrogen-bond acceptors (Lipinski definition) is 7. The molecule has 1 aromatic carbocycles. The second-order valence-electron chi connectivity index (χ2n) is 8.04. The first kappa shape index (κ1) is 28.8. The van der Waals surface area contributed by atoms with Gasteiger partial charge in [-0.05, 0) is 50.6 Å². The predicted octanol–water partition coefficient (Wildman–Crippen LogP) is 4.16. The lowest BCUT2D eigenvalue weighted by atomic mass is 10.0. The summed E-state index contributed by atoms with van der Waals surface area (Å²) in [6, 6.07) is 7.62. The number of pyridine rings is 2. The lowest BCUT2D eigenvalue weighted by Gasteiger charge is -2.21. The van der Waals surface area contributed by atoms with E-state index >= 15 is 0 Å². The predicted molar refractivity (Wildman–Crippen MR) is 128 cm³/mol. The molecule has 1 unspecified atom stereocenters. The monoisotopic (exact) mass is 554 g/mol. The van der Waals surface area contributed by atoms with E-state index in [0.717, 1.165) is 17.3 Å². The Balaban J connectivity index is 1.99. The second kappa shape index (κ2) is 11.3. The number of halogens is 4. The van der Waals surface area contributed by atoms with E-state index in [4.69, 9.17) is 4.74 Å². The normalized spacial score (nSPS) is 13.0. The van der Waals surface area contributed by atoms with E-state index in [1.54, 1.807) is 0 Å². The number of aliphatic hydroxyl groups is 1. The second-order valence-corrected chi connectivity index (χ2v) is 9.55. The highest BCUT2D eigenvalue weighted by atomic mass is 32.2. The number of ether oxygens (including phenoxy) is 1. The van der Waals surface area contributed by atoms with Crippen LogP contribution in [-0.2, 0) is 22.3 Å². The average Bonchev–Trinajstić information content (AvgIpc) is 2.83. The van der Waals surface area contributed by atoms with Gasteiger partial charge in [-0.15, -0.1) is 0 Å². The number of amides is 2. The molecule has 2 atom stereocenters. The Morgan fingerprint density at radius 1 is 1.21 bits per heavy atom. The highest BCUT2D eigenvalue weighted by Crippen LogP contribution is 2.37. The van der Waals surface area contributed by atoms with Crippen LogP contribution in [0.4, 0.5) is 23.2 Å². The van der Waals surface area contributed by atoms with E-state index in [1.807, 2.05) is 0 Å². The lowest BCUT2D eigenvalue weighted by molar-refractivity contribution is -0.138. The minimum atomic E-state index is -4.82. The van der Waals surface area contributed by atoms with Crippen LogP contribution in [0.3, 0.4) is 0 Å². The van der Waals surface area contributed by atoms with Crippen molar-refractivity contribution < 1.29 is 41.5 Å². The van der Waals surface area contributed by atoms with Crippen LogP contribution >= 0.6 is 0 Å². The van der Waals surface area contributed by atoms with E-state index in [0.29, 0.717) is 6.20 Å². The Labute approximate surface area is 217 Å². The lowest BCUT2D eigenvalue weighted by Crippen LogP contribution is -2.39. The fraction of sp³-hybridized carbons (Fsp3) is 0.250. The number of aromatic nitrogens is 2. The zero-order valence-corrected chi connectivity index (χ0v) is 21.3. The number of alkyl halides is 3. The summed E-state index contributed by atoms with van der Waals surface area (Å²) in [7, 11) is 1.21. The van der Waals surface area contributed by atoms with E-state index < -0.39 is 64.0 Å². The van der Waals surface area contributed by atoms with E-state index in [2.05, 4.69) is 15.3 Å². The van der Waals surface area contributed by atoms with Gasteiger partial charge in [0.15, 0.2) is 10.6 Å². The van der Waals surface area contributed by atoms with E-state index in [1.165, 1.54) is 51.2 Å². The fourth-order valence-corrected chi connectivity index (χ4v) is 4.37. The molecule has 0 radical (unpaired) electrons. The zero-order chi connectivity index (χ0) is 28.4. The van der Waals surface area contributed by atoms with Crippen LogP contribution in [0.15, 0.2) is 47.5 Å². The van der Waals surface area contributed by atoms with Gasteiger partial charge < -0.3 is 19.7 Å². The first-order valence-corrected chi connectivity index (χ1v) is 12.0. The van der Waals surface area contributed by atoms with Crippen LogP contribution in [0, 0.1) is 19.8 Å². The molecule has 2 aromatic heterocycles. The fourth-order valence-electron chi connectivity index (χ4n) is 3.32. The van der Waals surface area contributed by atoms with Crippen molar-refractivity contribution in [3.63, 3.8) is 0 Å². The van der Waals surface area contributed by atoms with Crippen LogP contribution < -0.4 is 10.1 Å². The van der Waals surface area contributed by atoms with Crippen LogP contribution in [0.1, 0.15) is 34.1 Å². The molecule has 3 aromatic rings. The molecule has 2 N–H and O–H groups in total. The molecule has 0 fully saturated rings. The van der Waals surface area contributed by atoms with Crippen LogP contribution in [0.2, 0.25) is 0 Å². The number of nitrogens with one attached hydrogen (secondary N) is 1. The van der Waals surface area contributed by atoms with Gasteiger partial charge in [0.05, 0.1) is 18.3 Å². The molecule has 2 heterocycles. The third-order valence-corrected chi connectivity index (χ3v) is 6.59. The van der Waals surface area contributed by atoms with Crippen molar-refractivity contribution in [3.05, 3.63) is 70.9 Å². The molecule has 0 aliphatic rings. The molecule has 0 aliphatic carbocycles. The highest BCUT2D eigenvalue weighted by Gasteiger charge is 2.36. The maximum absolute atomic E-state index is 13.6. The molecule has 0 saturated heterocycles. The molecule has 2 amide bonds. The summed E-state index contributed by atoms with van der Waals surface area (Å²) >= 11 is -2.05. The van der Waals surface area contributed by atoms with Gasteiger partial charge in [-0.3, -0.25) is 9.59 Å². The smallest absolute Gasteiger partial charge is 0.418 e. The standard InChI is InChI=1S/C24H22F4N4O5S/c1-12-17(24(26,27)28)11-29-22(37-18-8-9-19(25)30-13(18)2)20(12)21(34)31-15-6-5-7-16(10-15)38(36)32(4)23(35)14(3)33/h5-11,14,33H,1-4H3,(H,31,34)/t14-,38?/m0/s1. The Morgan fingerprint density at radius 2 is 1.89 bits per heavy atom. The molecule has 0 aliphatic heterocycles. The first-order chi connectivity index (χ1) is 17.7. The Morgan fingerprint density at radius 3 is 2.50 bits per heavy atom. The van der Waals surface area contributed by atoms with E-state index in [-0.39, 0.29) is 22.0 Å². The van der Waals surface area contributed by atoms with E-state index in [9.17, 15) is 36.8 Å². The third kappa shape index (κ3) is 6.38.